The molecule has 0 radical (unpaired) electrons. The van der Waals surface area contributed by atoms with E-state index in [0.717, 1.165) is 47.6 Å². The number of carbonyl (C=O) groups is 1. The highest BCUT2D eigenvalue weighted by Gasteiger charge is 2.36. The number of fused-ring (bicyclic) bond motifs is 1. The summed E-state index contributed by atoms with van der Waals surface area (Å²) in [6, 6.07) is 12.6. The Bertz CT molecular complexity index is 1270. The number of hydrogen-bond donors (Lipinski definition) is 1. The van der Waals surface area contributed by atoms with E-state index in [9.17, 15) is 9.00 Å². The molecule has 1 saturated carbocycles. The summed E-state index contributed by atoms with van der Waals surface area (Å²) >= 11 is -1.84. The second-order valence-corrected chi connectivity index (χ2v) is 11.7. The maximum Gasteiger partial charge on any atom is 0.245 e. The number of hydrogen-bond acceptors (Lipinski definition) is 5. The van der Waals surface area contributed by atoms with Crippen LogP contribution >= 0.6 is 0 Å². The zero-order chi connectivity index (χ0) is 25.4. The van der Waals surface area contributed by atoms with E-state index < -0.39 is 22.9 Å². The molecule has 2 fully saturated rings. The second-order valence-electron chi connectivity index (χ2n) is 10.9. The van der Waals surface area contributed by atoms with Gasteiger partial charge in [-0.1, -0.05) is 30.3 Å². The van der Waals surface area contributed by atoms with Gasteiger partial charge in [-0.2, -0.15) is 9.82 Å². The molecule has 1 aliphatic heterocycles. The Kier molecular flexibility index (Phi) is 6.98. The molecule has 3 atom stereocenters. The van der Waals surface area contributed by atoms with Gasteiger partial charge in [0.2, 0.25) is 17.2 Å². The van der Waals surface area contributed by atoms with Crippen LogP contribution in [0.2, 0.25) is 0 Å². The Labute approximate surface area is 215 Å². The van der Waals surface area contributed by atoms with E-state index in [4.69, 9.17) is 14.3 Å². The lowest BCUT2D eigenvalue weighted by molar-refractivity contribution is -0.137. The van der Waals surface area contributed by atoms with Gasteiger partial charge in [-0.15, -0.1) is 0 Å². The van der Waals surface area contributed by atoms with Crippen LogP contribution in [0.3, 0.4) is 0 Å². The van der Waals surface area contributed by atoms with Gasteiger partial charge < -0.3 is 4.90 Å². The van der Waals surface area contributed by atoms with Crippen LogP contribution < -0.4 is 4.72 Å². The maximum atomic E-state index is 14.0. The van der Waals surface area contributed by atoms with Crippen molar-refractivity contribution in [2.24, 2.45) is 0 Å². The zero-order valence-corrected chi connectivity index (χ0v) is 22.3. The average molecular weight is 510 g/mol. The predicted molar refractivity (Wildman–Crippen MR) is 139 cm³/mol. The molecule has 1 saturated heterocycles. The Morgan fingerprint density at radius 2 is 1.86 bits per heavy atom. The van der Waals surface area contributed by atoms with Crippen LogP contribution in [0.25, 0.3) is 5.65 Å². The first kappa shape index (κ1) is 25.0. The molecule has 8 nitrogen and oxygen atoms in total. The number of rotatable bonds is 7. The Balaban J connectivity index is 1.45. The van der Waals surface area contributed by atoms with Crippen LogP contribution in [0.4, 0.5) is 0 Å². The standard InChI is InChI=1S/C27H35N5O3S/c1-18-16-21(19-13-14-19)28-24-17-22(29-32(18)24)23-12-8-9-15-31(23)26(33)25(20-10-6-5-7-11-20)30-36(34)35-27(2,3)4/h5-7,10-11,16-17,19,23,25,30H,8-9,12-15H2,1-4H3/t23-,25?,36?/m0/s1. The van der Waals surface area contributed by atoms with Crippen molar-refractivity contribution >= 4 is 22.8 Å². The molecule has 1 aromatic carbocycles. The molecule has 9 heteroatoms. The molecule has 3 aromatic rings. The summed E-state index contributed by atoms with van der Waals surface area (Å²) < 4.78 is 23.2. The third-order valence-electron chi connectivity index (χ3n) is 6.69. The first-order valence-electron chi connectivity index (χ1n) is 12.8. The fourth-order valence-corrected chi connectivity index (χ4v) is 5.77. The third-order valence-corrected chi connectivity index (χ3v) is 7.77. The number of aryl methyl sites for hydroxylation is 1. The zero-order valence-electron chi connectivity index (χ0n) is 21.4. The van der Waals surface area contributed by atoms with Crippen molar-refractivity contribution in [3.8, 4) is 0 Å². The molecule has 1 N–H and O–H groups in total. The Morgan fingerprint density at radius 3 is 2.56 bits per heavy atom. The summed E-state index contributed by atoms with van der Waals surface area (Å²) in [5, 5.41) is 4.89. The maximum absolute atomic E-state index is 14.0. The highest BCUT2D eigenvalue weighted by molar-refractivity contribution is 7.78. The van der Waals surface area contributed by atoms with Crippen LogP contribution in [0.15, 0.2) is 42.5 Å². The van der Waals surface area contributed by atoms with E-state index in [2.05, 4.69) is 17.7 Å². The fourth-order valence-electron chi connectivity index (χ4n) is 4.84. The Morgan fingerprint density at radius 1 is 1.11 bits per heavy atom. The topological polar surface area (TPSA) is 88.8 Å². The van der Waals surface area contributed by atoms with Gasteiger partial charge in [-0.05, 0) is 71.4 Å². The van der Waals surface area contributed by atoms with Gasteiger partial charge >= 0.3 is 0 Å². The van der Waals surface area contributed by atoms with Crippen LogP contribution in [-0.4, -0.2) is 41.8 Å². The molecule has 0 spiro atoms. The lowest BCUT2D eigenvalue weighted by Gasteiger charge is -2.37. The van der Waals surface area contributed by atoms with Crippen molar-refractivity contribution in [2.45, 2.75) is 83.4 Å². The van der Waals surface area contributed by atoms with Crippen molar-refractivity contribution in [2.75, 3.05) is 6.54 Å². The summed E-state index contributed by atoms with van der Waals surface area (Å²) in [6.45, 7) is 8.18. The van der Waals surface area contributed by atoms with E-state index in [1.807, 2.05) is 66.6 Å². The minimum atomic E-state index is -1.84. The van der Waals surface area contributed by atoms with E-state index in [0.29, 0.717) is 12.5 Å². The minimum absolute atomic E-state index is 0.128. The number of aromatic nitrogens is 3. The lowest BCUT2D eigenvalue weighted by Crippen LogP contribution is -2.46. The van der Waals surface area contributed by atoms with Crippen LogP contribution in [-0.2, 0) is 20.2 Å². The number of benzene rings is 1. The summed E-state index contributed by atoms with van der Waals surface area (Å²) in [5.74, 6) is 0.436. The van der Waals surface area contributed by atoms with Gasteiger partial charge in [-0.25, -0.2) is 13.7 Å². The number of piperidine rings is 1. The Hall–Kier alpha value is -2.62. The number of carbonyl (C=O) groups excluding carboxylic acids is 1. The van der Waals surface area contributed by atoms with Gasteiger partial charge in [-0.3, -0.25) is 8.98 Å². The largest absolute Gasteiger partial charge is 0.332 e. The van der Waals surface area contributed by atoms with Gasteiger partial charge in [0.25, 0.3) is 0 Å². The normalized spacial score (nSPS) is 20.4. The number of amides is 1. The molecular weight excluding hydrogens is 474 g/mol. The number of likely N-dealkylation sites (tertiary alicyclic amines) is 1. The first-order valence-corrected chi connectivity index (χ1v) is 13.9. The van der Waals surface area contributed by atoms with Crippen molar-refractivity contribution < 1.29 is 13.2 Å². The molecule has 1 aliphatic carbocycles. The van der Waals surface area contributed by atoms with Crippen LogP contribution in [0.1, 0.15) is 93.5 Å². The van der Waals surface area contributed by atoms with Crippen LogP contribution in [0, 0.1) is 6.92 Å². The third kappa shape index (κ3) is 5.53. The molecule has 2 aromatic heterocycles. The van der Waals surface area contributed by atoms with E-state index in [1.54, 1.807) is 0 Å². The van der Waals surface area contributed by atoms with E-state index in [-0.39, 0.29) is 11.9 Å². The molecular formula is C27H35N5O3S. The molecule has 36 heavy (non-hydrogen) atoms. The van der Waals surface area contributed by atoms with E-state index >= 15 is 0 Å². The van der Waals surface area contributed by atoms with Crippen LogP contribution in [0.5, 0.6) is 0 Å². The van der Waals surface area contributed by atoms with Crippen molar-refractivity contribution in [1.82, 2.24) is 24.2 Å². The summed E-state index contributed by atoms with van der Waals surface area (Å²) in [6.07, 6.45) is 5.16. The fraction of sp³-hybridized carbons (Fsp3) is 0.519. The summed E-state index contributed by atoms with van der Waals surface area (Å²) in [7, 11) is 0. The van der Waals surface area contributed by atoms with Crippen molar-refractivity contribution in [3.63, 3.8) is 0 Å². The molecule has 2 unspecified atom stereocenters. The van der Waals surface area contributed by atoms with Gasteiger partial charge in [0.05, 0.1) is 17.3 Å². The minimum Gasteiger partial charge on any atom is -0.332 e. The molecule has 1 amide bonds. The van der Waals surface area contributed by atoms with Gasteiger partial charge in [0.1, 0.15) is 6.04 Å². The highest BCUT2D eigenvalue weighted by atomic mass is 32.2. The lowest BCUT2D eigenvalue weighted by atomic mass is 9.97. The van der Waals surface area contributed by atoms with Gasteiger partial charge in [0, 0.05) is 29.9 Å². The average Bonchev–Trinajstić information content (AvgIpc) is 3.60. The first-order chi connectivity index (χ1) is 17.2. The molecule has 192 valence electrons. The highest BCUT2D eigenvalue weighted by Crippen LogP contribution is 2.40. The van der Waals surface area contributed by atoms with Crippen molar-refractivity contribution in [1.29, 1.82) is 0 Å². The number of nitrogens with one attached hydrogen (secondary N) is 1. The number of nitrogens with zero attached hydrogens (tertiary/aromatic N) is 4. The summed E-state index contributed by atoms with van der Waals surface area (Å²) in [5.41, 5.74) is 4.02. The smallest absolute Gasteiger partial charge is 0.245 e. The van der Waals surface area contributed by atoms with Gasteiger partial charge in [0.15, 0.2) is 5.65 Å². The van der Waals surface area contributed by atoms with E-state index in [1.165, 1.54) is 12.8 Å². The predicted octanol–water partition coefficient (Wildman–Crippen LogP) is 4.69. The molecule has 5 rings (SSSR count). The molecule has 2 aliphatic rings. The molecule has 3 heterocycles. The quantitative estimate of drug-likeness (QED) is 0.499. The summed E-state index contributed by atoms with van der Waals surface area (Å²) in [4.78, 5) is 20.8. The second kappa shape index (κ2) is 10.0. The monoisotopic (exact) mass is 509 g/mol. The SMILES string of the molecule is Cc1cc(C2CC2)nc2cc([C@@H]3CCCCN3C(=O)C(NS(=O)OC(C)(C)C)c3ccccc3)nn12. The van der Waals surface area contributed by atoms with Crippen molar-refractivity contribution in [3.05, 3.63) is 65.1 Å². The molecule has 0 bridgehead atoms.